The molecule has 2 heterocycles. The summed E-state index contributed by atoms with van der Waals surface area (Å²) >= 11 is 0. The fourth-order valence-electron chi connectivity index (χ4n) is 3.06. The van der Waals surface area contributed by atoms with Gasteiger partial charge in [-0.05, 0) is 37.1 Å². The van der Waals surface area contributed by atoms with Gasteiger partial charge in [-0.15, -0.1) is 0 Å². The first-order valence-electron chi connectivity index (χ1n) is 9.03. The zero-order valence-electron chi connectivity index (χ0n) is 16.5. The van der Waals surface area contributed by atoms with E-state index in [1.807, 2.05) is 18.8 Å². The fourth-order valence-corrected chi connectivity index (χ4v) is 3.41. The third-order valence-electron chi connectivity index (χ3n) is 4.80. The molecule has 3 rings (SSSR count). The Kier molecular flexibility index (Phi) is 6.39. The van der Waals surface area contributed by atoms with E-state index in [1.54, 1.807) is 12.1 Å². The van der Waals surface area contributed by atoms with Gasteiger partial charge < -0.3 is 29.7 Å². The van der Waals surface area contributed by atoms with Crippen LogP contribution in [0.2, 0.25) is 0 Å². The van der Waals surface area contributed by atoms with E-state index in [4.69, 9.17) is 9.79 Å². The number of rotatable bonds is 7. The summed E-state index contributed by atoms with van der Waals surface area (Å²) in [5.74, 6) is -0.142. The van der Waals surface area contributed by atoms with Crippen molar-refractivity contribution in [3.63, 3.8) is 0 Å². The molecule has 3 atom stereocenters. The first-order valence-corrected chi connectivity index (χ1v) is 10.6. The van der Waals surface area contributed by atoms with Crippen LogP contribution in [0.5, 0.6) is 0 Å². The molecule has 0 unspecified atom stereocenters. The minimum Gasteiger partial charge on any atom is -0.388 e. The number of benzene rings is 1. The molecule has 0 bridgehead atoms. The Bertz CT molecular complexity index is 1250. The molecular formula is C17H21N4O9P. The van der Waals surface area contributed by atoms with Gasteiger partial charge in [0.1, 0.15) is 18.3 Å². The van der Waals surface area contributed by atoms with Crippen LogP contribution in [0.15, 0.2) is 21.7 Å². The van der Waals surface area contributed by atoms with E-state index >= 15 is 0 Å². The second kappa shape index (κ2) is 8.55. The van der Waals surface area contributed by atoms with E-state index in [2.05, 4.69) is 14.5 Å². The zero-order valence-corrected chi connectivity index (χ0v) is 17.4. The van der Waals surface area contributed by atoms with Gasteiger partial charge in [0.15, 0.2) is 11.5 Å². The van der Waals surface area contributed by atoms with Crippen LogP contribution in [0.4, 0.5) is 0 Å². The Morgan fingerprint density at radius 2 is 1.74 bits per heavy atom. The third kappa shape index (κ3) is 5.05. The lowest BCUT2D eigenvalue weighted by atomic mass is 10.1. The predicted octanol–water partition coefficient (Wildman–Crippen LogP) is -1.61. The smallest absolute Gasteiger partial charge is 0.388 e. The van der Waals surface area contributed by atoms with Crippen LogP contribution in [0.1, 0.15) is 11.1 Å². The number of hydrogen-bond donors (Lipinski definition) is 6. The number of aliphatic hydroxyl groups is 3. The molecule has 1 aromatic carbocycles. The van der Waals surface area contributed by atoms with E-state index < -0.39 is 50.5 Å². The highest BCUT2D eigenvalue weighted by atomic mass is 31.2. The average molecular weight is 462 g/mol. The molecule has 13 nitrogen and oxygen atoms in total. The SMILES string of the molecule is Cc1cc2n[13c]3[13c](=O)[15nH][13c](=O)[15n][13c]-3n(C[C@@H](O)[C@@H](O)[C@@H](O)COP(=O)(O)O)c2cc1C. The van der Waals surface area contributed by atoms with Gasteiger partial charge in [-0.25, -0.2) is 14.3 Å². The molecule has 0 amide bonds. The van der Waals surface area contributed by atoms with Crippen molar-refractivity contribution in [2.24, 2.45) is 0 Å². The lowest BCUT2D eigenvalue weighted by Crippen LogP contribution is -2.42. The number of aliphatic hydroxyl groups excluding tert-OH is 3. The van der Waals surface area contributed by atoms with Gasteiger partial charge in [-0.2, -0.15) is 4.98 Å². The number of phosphoric acid groups is 1. The first kappa shape index (κ1) is 23.2. The van der Waals surface area contributed by atoms with Crippen LogP contribution in [-0.4, -0.2) is 69.5 Å². The van der Waals surface area contributed by atoms with Crippen LogP contribution in [-0.2, 0) is 15.6 Å². The fraction of sp³-hybridized carbons (Fsp3) is 0.412. The molecule has 6 N–H and O–H groups in total. The van der Waals surface area contributed by atoms with Crippen LogP contribution in [0.3, 0.4) is 0 Å². The van der Waals surface area contributed by atoms with Gasteiger partial charge in [0.2, 0.25) is 0 Å². The number of nitrogens with zero attached hydrogens (tertiary/aromatic N) is 3. The van der Waals surface area contributed by atoms with Crippen molar-refractivity contribution in [1.29, 1.82) is 0 Å². The van der Waals surface area contributed by atoms with Crippen molar-refractivity contribution in [1.82, 2.24) is 19.5 Å². The van der Waals surface area contributed by atoms with E-state index in [1.165, 1.54) is 4.57 Å². The normalized spacial score (nSPS) is 15.3. The Labute approximate surface area is 174 Å². The van der Waals surface area contributed by atoms with E-state index in [0.29, 0.717) is 11.0 Å². The highest BCUT2D eigenvalue weighted by molar-refractivity contribution is 7.46. The number of fused-ring (bicyclic) bond motifs is 2. The molecule has 1 aromatic rings. The standard InChI is InChI=1S/C17H21N4O9P/c1-7-3-9-10(4-8(7)2)21(15-13(18-9)16(25)20-17(26)19-15)5-11(22)14(24)12(23)6-30-31(27,28)29/h3-4,11-12,14,22-24H,5-6H2,1-2H3,(H,20,25,26)(H2,27,28,29)/t11-,12+,14-/m1/s1/i13+1,15+1,16+1,17+1,19+1,20+1. The highest BCUT2D eigenvalue weighted by Gasteiger charge is 2.29. The second-order valence-corrected chi connectivity index (χ2v) is 8.34. The van der Waals surface area contributed by atoms with Gasteiger partial charge in [0.05, 0.1) is 24.2 Å². The number of hydrogen-bond acceptors (Lipinski definition) is 9. The van der Waals surface area contributed by atoms with Gasteiger partial charge in [-0.3, -0.25) is 14.3 Å². The third-order valence-corrected chi connectivity index (χ3v) is 5.28. The summed E-state index contributed by atoms with van der Waals surface area (Å²) in [6, 6.07) is 3.41. The molecule has 2 aliphatic rings. The minimum atomic E-state index is -4.89. The molecule has 0 spiro atoms. The number of aromatic amines is 1. The van der Waals surface area contributed by atoms with Crippen molar-refractivity contribution in [3.05, 3.63) is 44.1 Å². The zero-order chi connectivity index (χ0) is 23.1. The number of H-pyrrole nitrogens is 1. The topological polar surface area (TPSA) is 208 Å². The molecule has 2 aliphatic heterocycles. The van der Waals surface area contributed by atoms with Gasteiger partial charge >= 0.3 is 13.5 Å². The Morgan fingerprint density at radius 3 is 2.39 bits per heavy atom. The van der Waals surface area contributed by atoms with Crippen molar-refractivity contribution in [2.75, 3.05) is 6.61 Å². The summed E-state index contributed by atoms with van der Waals surface area (Å²) < 4.78 is 16.2. The van der Waals surface area contributed by atoms with E-state index in [-0.39, 0.29) is 11.5 Å². The molecule has 0 aliphatic carbocycles. The minimum absolute atomic E-state index is 0.142. The maximum Gasteiger partial charge on any atom is 0.469 e. The van der Waals surface area contributed by atoms with Crippen molar-refractivity contribution >= 4 is 18.9 Å². The number of phosphoric ester groups is 1. The van der Waals surface area contributed by atoms with Crippen LogP contribution >= 0.6 is 7.82 Å². The molecule has 0 radical (unpaired) electrons. The van der Waals surface area contributed by atoms with Gasteiger partial charge in [0, 0.05) is 0 Å². The molecule has 0 aromatic heterocycles. The number of nitrogens with one attached hydrogen (secondary N) is 1. The molecule has 0 saturated carbocycles. The summed E-state index contributed by atoms with van der Waals surface area (Å²) in [6.45, 7) is 2.29. The Hall–Kier alpha value is -2.51. The van der Waals surface area contributed by atoms with Crippen LogP contribution < -0.4 is 11.2 Å². The molecule has 0 saturated heterocycles. The lowest BCUT2D eigenvalue weighted by molar-refractivity contribution is -0.0793. The Balaban J connectivity index is 2.06. The Morgan fingerprint density at radius 1 is 1.10 bits per heavy atom. The average Bonchev–Trinajstić information content (AvgIpc) is 2.67. The lowest BCUT2D eigenvalue weighted by Gasteiger charge is -2.25. The summed E-state index contributed by atoms with van der Waals surface area (Å²) in [6.07, 6.45) is -5.40. The molecule has 168 valence electrons. The maximum absolute atomic E-state index is 12.2. The van der Waals surface area contributed by atoms with Gasteiger partial charge in [0.25, 0.3) is 5.56 Å². The quantitative estimate of drug-likeness (QED) is 0.174. The molecule has 0 fully saturated rings. The predicted molar refractivity (Wildman–Crippen MR) is 107 cm³/mol. The van der Waals surface area contributed by atoms with Crippen molar-refractivity contribution in [2.45, 2.75) is 38.7 Å². The largest absolute Gasteiger partial charge is 0.469 e. The summed E-state index contributed by atoms with van der Waals surface area (Å²) in [7, 11) is -4.89. The molecule has 14 heteroatoms. The second-order valence-electron chi connectivity index (χ2n) is 7.10. The molecular weight excluding hydrogens is 441 g/mol. The van der Waals surface area contributed by atoms with E-state index in [0.717, 1.165) is 11.1 Å². The first-order chi connectivity index (χ1) is 14.4. The monoisotopic (exact) mass is 462 g/mol. The highest BCUT2D eigenvalue weighted by Crippen LogP contribution is 2.36. The maximum atomic E-state index is 12.2. The molecule has 31 heavy (non-hydrogen) atoms. The number of aryl methyl sites for hydroxylation is 2. The van der Waals surface area contributed by atoms with Gasteiger partial charge in [-0.1, -0.05) is 0 Å². The van der Waals surface area contributed by atoms with Crippen molar-refractivity contribution < 1.29 is 34.2 Å². The van der Waals surface area contributed by atoms with Crippen LogP contribution in [0, 0.1) is 13.8 Å². The summed E-state index contributed by atoms with van der Waals surface area (Å²) in [4.78, 5) is 51.5. The van der Waals surface area contributed by atoms with E-state index in [9.17, 15) is 29.5 Å². The van der Waals surface area contributed by atoms with Crippen molar-refractivity contribution in [3.8, 4) is 11.5 Å². The summed E-state index contributed by atoms with van der Waals surface area (Å²) in [5.41, 5.74) is 0.618. The summed E-state index contributed by atoms with van der Waals surface area (Å²) in [5, 5.41) is 30.5. The number of aromatic nitrogens is 4. The van der Waals surface area contributed by atoms with Crippen LogP contribution in [0.25, 0.3) is 22.6 Å².